The number of sulfonamides is 1. The minimum absolute atomic E-state index is 0.136. The quantitative estimate of drug-likeness (QED) is 0.905. The van der Waals surface area contributed by atoms with Gasteiger partial charge in [-0.3, -0.25) is 4.79 Å². The lowest BCUT2D eigenvalue weighted by Crippen LogP contribution is -2.34. The molecule has 1 atom stereocenters. The van der Waals surface area contributed by atoms with Crippen LogP contribution in [-0.4, -0.2) is 31.8 Å². The molecule has 1 saturated heterocycles. The Bertz CT molecular complexity index is 658. The number of nitrogens with two attached hydrogens (primary N) is 1. The number of likely N-dealkylation sites (tertiary alicyclic amines) is 1. The number of nitrogens with zero attached hydrogens (tertiary/aromatic N) is 1. The van der Waals surface area contributed by atoms with Gasteiger partial charge in [-0.25, -0.2) is 13.6 Å². The normalized spacial score (nSPS) is 19.4. The van der Waals surface area contributed by atoms with Gasteiger partial charge in [0.05, 0.1) is 4.90 Å². The molecule has 5 nitrogen and oxygen atoms in total. The molecule has 1 fully saturated rings. The van der Waals surface area contributed by atoms with E-state index in [1.54, 1.807) is 11.8 Å². The van der Waals surface area contributed by atoms with Crippen LogP contribution < -0.4 is 5.14 Å². The molecular weight excluding hydrogens is 300 g/mol. The van der Waals surface area contributed by atoms with Gasteiger partial charge >= 0.3 is 0 Å². The van der Waals surface area contributed by atoms with E-state index in [1.807, 2.05) is 6.92 Å². The predicted molar refractivity (Wildman–Crippen MR) is 77.3 cm³/mol. The summed E-state index contributed by atoms with van der Waals surface area (Å²) < 4.78 is 22.9. The van der Waals surface area contributed by atoms with Crippen LogP contribution in [0.2, 0.25) is 5.02 Å². The van der Waals surface area contributed by atoms with Gasteiger partial charge in [0.2, 0.25) is 10.0 Å². The molecule has 110 valence electrons. The zero-order chi connectivity index (χ0) is 15.1. The predicted octanol–water partition coefficient (Wildman–Crippen LogP) is 1.92. The van der Waals surface area contributed by atoms with Crippen molar-refractivity contribution >= 4 is 27.5 Å². The molecular formula is C13H17ClN2O3S. The average Bonchev–Trinajstić information content (AvgIpc) is 2.76. The van der Waals surface area contributed by atoms with Gasteiger partial charge in [0.1, 0.15) is 0 Å². The zero-order valence-electron chi connectivity index (χ0n) is 11.4. The Morgan fingerprint density at radius 3 is 2.60 bits per heavy atom. The molecule has 2 rings (SSSR count). The van der Waals surface area contributed by atoms with Gasteiger partial charge in [-0.2, -0.15) is 0 Å². The Morgan fingerprint density at radius 1 is 1.45 bits per heavy atom. The monoisotopic (exact) mass is 316 g/mol. The number of amides is 1. The first-order chi connectivity index (χ1) is 9.21. The first kappa shape index (κ1) is 15.3. The number of benzene rings is 1. The van der Waals surface area contributed by atoms with Gasteiger partial charge in [0, 0.05) is 23.2 Å². The van der Waals surface area contributed by atoms with E-state index in [0.717, 1.165) is 12.8 Å². The van der Waals surface area contributed by atoms with Gasteiger partial charge in [0.15, 0.2) is 0 Å². The van der Waals surface area contributed by atoms with E-state index in [2.05, 4.69) is 0 Å². The number of carbonyl (C=O) groups excluding carboxylic acids is 1. The van der Waals surface area contributed by atoms with Crippen LogP contribution in [0.1, 0.15) is 35.7 Å². The van der Waals surface area contributed by atoms with E-state index in [4.69, 9.17) is 16.7 Å². The summed E-state index contributed by atoms with van der Waals surface area (Å²) >= 11 is 6.02. The van der Waals surface area contributed by atoms with Crippen molar-refractivity contribution in [3.8, 4) is 0 Å². The lowest BCUT2D eigenvalue weighted by Gasteiger charge is -2.23. The highest BCUT2D eigenvalue weighted by molar-refractivity contribution is 7.89. The van der Waals surface area contributed by atoms with Crippen molar-refractivity contribution in [2.75, 3.05) is 6.54 Å². The summed E-state index contributed by atoms with van der Waals surface area (Å²) in [6.45, 7) is 4.35. The van der Waals surface area contributed by atoms with Crippen LogP contribution in [0.15, 0.2) is 17.0 Å². The van der Waals surface area contributed by atoms with Gasteiger partial charge in [-0.1, -0.05) is 11.6 Å². The van der Waals surface area contributed by atoms with Crippen LogP contribution in [0.4, 0.5) is 0 Å². The molecule has 0 bridgehead atoms. The average molecular weight is 317 g/mol. The van der Waals surface area contributed by atoms with Crippen molar-refractivity contribution in [1.82, 2.24) is 4.90 Å². The molecule has 0 aromatic heterocycles. The minimum Gasteiger partial charge on any atom is -0.336 e. The van der Waals surface area contributed by atoms with Crippen LogP contribution in [0.5, 0.6) is 0 Å². The van der Waals surface area contributed by atoms with E-state index >= 15 is 0 Å². The van der Waals surface area contributed by atoms with E-state index in [9.17, 15) is 13.2 Å². The van der Waals surface area contributed by atoms with Crippen LogP contribution >= 0.6 is 11.6 Å². The maximum atomic E-state index is 12.5. The van der Waals surface area contributed by atoms with Gasteiger partial charge < -0.3 is 4.90 Å². The van der Waals surface area contributed by atoms with E-state index in [1.165, 1.54) is 12.1 Å². The first-order valence-corrected chi connectivity index (χ1v) is 8.28. The van der Waals surface area contributed by atoms with Crippen LogP contribution in [0, 0.1) is 6.92 Å². The Balaban J connectivity index is 2.50. The zero-order valence-corrected chi connectivity index (χ0v) is 13.0. The van der Waals surface area contributed by atoms with Crippen LogP contribution in [0.3, 0.4) is 0 Å². The number of halogens is 1. The standard InChI is InChI=1S/C13H17ClN2O3S/c1-8-4-3-5-16(8)13(17)11-6-10(20(15,18)19)7-12(14)9(11)2/h6-8H,3-5H2,1-2H3,(H2,15,18,19). The summed E-state index contributed by atoms with van der Waals surface area (Å²) in [5.41, 5.74) is 0.874. The molecule has 1 amide bonds. The number of hydrogen-bond donors (Lipinski definition) is 1. The molecule has 0 spiro atoms. The van der Waals surface area contributed by atoms with Crippen molar-refractivity contribution in [2.24, 2.45) is 5.14 Å². The lowest BCUT2D eigenvalue weighted by molar-refractivity contribution is 0.0746. The number of rotatable bonds is 2. The topological polar surface area (TPSA) is 80.5 Å². The number of primary sulfonamides is 1. The molecule has 7 heteroatoms. The summed E-state index contributed by atoms with van der Waals surface area (Å²) in [6.07, 6.45) is 1.90. The van der Waals surface area contributed by atoms with Crippen molar-refractivity contribution < 1.29 is 13.2 Å². The third-order valence-corrected chi connectivity index (χ3v) is 4.98. The van der Waals surface area contributed by atoms with Crippen LogP contribution in [0.25, 0.3) is 0 Å². The van der Waals surface area contributed by atoms with Gasteiger partial charge in [-0.15, -0.1) is 0 Å². The van der Waals surface area contributed by atoms with Crippen molar-refractivity contribution in [3.05, 3.63) is 28.3 Å². The molecule has 1 aliphatic heterocycles. The second-order valence-electron chi connectivity index (χ2n) is 5.11. The molecule has 1 aromatic rings. The lowest BCUT2D eigenvalue weighted by atomic mass is 10.1. The maximum Gasteiger partial charge on any atom is 0.254 e. The Labute approximate surface area is 123 Å². The fraction of sp³-hybridized carbons (Fsp3) is 0.462. The summed E-state index contributed by atoms with van der Waals surface area (Å²) in [7, 11) is -3.89. The third kappa shape index (κ3) is 2.82. The molecule has 1 unspecified atom stereocenters. The van der Waals surface area contributed by atoms with Crippen LogP contribution in [-0.2, 0) is 10.0 Å². The summed E-state index contributed by atoms with van der Waals surface area (Å²) in [4.78, 5) is 14.1. The molecule has 0 saturated carbocycles. The first-order valence-electron chi connectivity index (χ1n) is 6.35. The van der Waals surface area contributed by atoms with Crippen molar-refractivity contribution in [2.45, 2.75) is 37.6 Å². The Hall–Kier alpha value is -1.11. The van der Waals surface area contributed by atoms with Crippen molar-refractivity contribution in [1.29, 1.82) is 0 Å². The van der Waals surface area contributed by atoms with Gasteiger partial charge in [-0.05, 0) is 44.4 Å². The van der Waals surface area contributed by atoms with E-state index in [-0.39, 0.29) is 21.9 Å². The Morgan fingerprint density at radius 2 is 2.10 bits per heavy atom. The molecule has 1 heterocycles. The highest BCUT2D eigenvalue weighted by Gasteiger charge is 2.28. The Kier molecular flexibility index (Phi) is 4.09. The molecule has 2 N–H and O–H groups in total. The SMILES string of the molecule is Cc1c(Cl)cc(S(N)(=O)=O)cc1C(=O)N1CCCC1C. The molecule has 20 heavy (non-hydrogen) atoms. The molecule has 0 radical (unpaired) electrons. The molecule has 0 aliphatic carbocycles. The minimum atomic E-state index is -3.89. The van der Waals surface area contributed by atoms with E-state index < -0.39 is 10.0 Å². The molecule has 1 aromatic carbocycles. The maximum absolute atomic E-state index is 12.5. The highest BCUT2D eigenvalue weighted by atomic mass is 35.5. The summed E-state index contributed by atoms with van der Waals surface area (Å²) in [6, 6.07) is 2.74. The summed E-state index contributed by atoms with van der Waals surface area (Å²) in [5, 5.41) is 5.34. The second-order valence-corrected chi connectivity index (χ2v) is 7.08. The number of hydrogen-bond acceptors (Lipinski definition) is 3. The van der Waals surface area contributed by atoms with E-state index in [0.29, 0.717) is 17.7 Å². The fourth-order valence-electron chi connectivity index (χ4n) is 2.43. The molecule has 1 aliphatic rings. The van der Waals surface area contributed by atoms with Crippen molar-refractivity contribution in [3.63, 3.8) is 0 Å². The summed E-state index contributed by atoms with van der Waals surface area (Å²) in [5.74, 6) is -0.195. The number of carbonyl (C=O) groups is 1. The fourth-order valence-corrected chi connectivity index (χ4v) is 3.28. The van der Waals surface area contributed by atoms with Gasteiger partial charge in [0.25, 0.3) is 5.91 Å². The largest absolute Gasteiger partial charge is 0.336 e. The smallest absolute Gasteiger partial charge is 0.254 e. The second kappa shape index (κ2) is 5.35. The third-order valence-electron chi connectivity index (χ3n) is 3.69. The highest BCUT2D eigenvalue weighted by Crippen LogP contribution is 2.27.